The molecule has 2 heterocycles. The van der Waals surface area contributed by atoms with Gasteiger partial charge in [-0.2, -0.15) is 0 Å². The van der Waals surface area contributed by atoms with Crippen molar-refractivity contribution in [2.24, 2.45) is 4.99 Å². The van der Waals surface area contributed by atoms with E-state index in [1.54, 1.807) is 18.2 Å². The zero-order chi connectivity index (χ0) is 21.7. The van der Waals surface area contributed by atoms with E-state index in [0.29, 0.717) is 32.1 Å². The molecule has 0 aliphatic carbocycles. The fourth-order valence-electron chi connectivity index (χ4n) is 3.77. The molecule has 1 aromatic heterocycles. The highest BCUT2D eigenvalue weighted by molar-refractivity contribution is 14.0. The van der Waals surface area contributed by atoms with Gasteiger partial charge in [-0.25, -0.2) is 13.8 Å². The molecule has 1 aliphatic rings. The van der Waals surface area contributed by atoms with Crippen LogP contribution in [0.4, 0.5) is 14.5 Å². The van der Waals surface area contributed by atoms with Crippen molar-refractivity contribution in [1.29, 1.82) is 0 Å². The molecule has 0 amide bonds. The highest BCUT2D eigenvalue weighted by Crippen LogP contribution is 2.27. The van der Waals surface area contributed by atoms with Gasteiger partial charge in [0.15, 0.2) is 5.96 Å². The summed E-state index contributed by atoms with van der Waals surface area (Å²) in [5, 5.41) is 6.61. The number of methoxy groups -OCH3 is 1. The van der Waals surface area contributed by atoms with Gasteiger partial charge in [0.1, 0.15) is 23.1 Å². The first-order chi connectivity index (χ1) is 14.4. The maximum atomic E-state index is 14.1. The van der Waals surface area contributed by atoms with Gasteiger partial charge in [-0.05, 0) is 39.3 Å². The lowest BCUT2D eigenvalue weighted by Gasteiger charge is -2.21. The summed E-state index contributed by atoms with van der Waals surface area (Å²) in [5.41, 5.74) is 2.84. The van der Waals surface area contributed by atoms with Gasteiger partial charge in [0.2, 0.25) is 0 Å². The molecule has 0 bridgehead atoms. The number of aliphatic imine (C=N–C) groups is 1. The third-order valence-corrected chi connectivity index (χ3v) is 5.26. The van der Waals surface area contributed by atoms with Crippen LogP contribution in [-0.2, 0) is 6.54 Å². The predicted molar refractivity (Wildman–Crippen MR) is 131 cm³/mol. The minimum Gasteiger partial charge on any atom is -0.496 e. The van der Waals surface area contributed by atoms with Crippen LogP contribution >= 0.6 is 24.0 Å². The molecular weight excluding hydrogens is 515 g/mol. The Kier molecular flexibility index (Phi) is 9.27. The highest BCUT2D eigenvalue weighted by Gasteiger charge is 2.27. The third-order valence-electron chi connectivity index (χ3n) is 5.26. The molecule has 0 radical (unpaired) electrons. The Balaban J connectivity index is 0.00000341. The summed E-state index contributed by atoms with van der Waals surface area (Å²) in [4.78, 5) is 10.9. The second kappa shape index (κ2) is 11.4. The van der Waals surface area contributed by atoms with Crippen LogP contribution in [0.3, 0.4) is 0 Å². The van der Waals surface area contributed by atoms with Crippen LogP contribution in [-0.4, -0.2) is 43.7 Å². The van der Waals surface area contributed by atoms with E-state index in [1.165, 1.54) is 18.2 Å². The zero-order valence-electron chi connectivity index (χ0n) is 18.3. The van der Waals surface area contributed by atoms with Crippen molar-refractivity contribution < 1.29 is 13.5 Å². The van der Waals surface area contributed by atoms with Gasteiger partial charge >= 0.3 is 0 Å². The first kappa shape index (κ1) is 25.1. The summed E-state index contributed by atoms with van der Waals surface area (Å²) in [5.74, 6) is 0.405. The van der Waals surface area contributed by atoms with Gasteiger partial charge in [0, 0.05) is 43.0 Å². The van der Waals surface area contributed by atoms with E-state index in [2.05, 4.69) is 20.6 Å². The molecule has 1 aromatic carbocycles. The number of ether oxygens (including phenoxy) is 1. The lowest BCUT2D eigenvalue weighted by atomic mass is 10.1. The second-order valence-corrected chi connectivity index (χ2v) is 7.39. The Morgan fingerprint density at radius 2 is 2.00 bits per heavy atom. The van der Waals surface area contributed by atoms with Crippen LogP contribution in [0.1, 0.15) is 30.2 Å². The van der Waals surface area contributed by atoms with E-state index in [9.17, 15) is 8.78 Å². The first-order valence-electron chi connectivity index (χ1n) is 10.2. The summed E-state index contributed by atoms with van der Waals surface area (Å²) in [6, 6.07) is 3.99. The van der Waals surface area contributed by atoms with E-state index < -0.39 is 11.6 Å². The molecule has 1 atom stereocenters. The van der Waals surface area contributed by atoms with Gasteiger partial charge < -0.3 is 20.3 Å². The second-order valence-electron chi connectivity index (χ2n) is 7.39. The number of nitrogens with zero attached hydrogens (tertiary/aromatic N) is 3. The molecule has 1 saturated heterocycles. The van der Waals surface area contributed by atoms with Crippen molar-refractivity contribution in [3.05, 3.63) is 52.9 Å². The number of aromatic nitrogens is 1. The number of pyridine rings is 1. The lowest BCUT2D eigenvalue weighted by molar-refractivity contribution is 0.407. The number of hydrogen-bond donors (Lipinski definition) is 2. The maximum absolute atomic E-state index is 14.1. The topological polar surface area (TPSA) is 61.8 Å². The van der Waals surface area contributed by atoms with E-state index in [4.69, 9.17) is 4.74 Å². The number of benzene rings is 1. The summed E-state index contributed by atoms with van der Waals surface area (Å²) in [7, 11) is 1.65. The molecule has 2 aromatic rings. The molecule has 1 fully saturated rings. The molecule has 170 valence electrons. The SMILES string of the molecule is CCNC(=NCc1ncc(C)c(OC)c1C)NC1CCN(c2c(F)cccc2F)C1.I. The molecule has 0 saturated carbocycles. The van der Waals surface area contributed by atoms with Crippen molar-refractivity contribution in [3.8, 4) is 5.75 Å². The number of anilines is 1. The fourth-order valence-corrected chi connectivity index (χ4v) is 3.77. The van der Waals surface area contributed by atoms with Crippen LogP contribution in [0.25, 0.3) is 0 Å². The number of hydrogen-bond acceptors (Lipinski definition) is 4. The van der Waals surface area contributed by atoms with E-state index in [0.717, 1.165) is 29.0 Å². The van der Waals surface area contributed by atoms with Crippen molar-refractivity contribution >= 4 is 35.6 Å². The van der Waals surface area contributed by atoms with Crippen molar-refractivity contribution in [2.45, 2.75) is 39.8 Å². The minimum absolute atomic E-state index is 0. The molecule has 0 spiro atoms. The van der Waals surface area contributed by atoms with Crippen LogP contribution in [0, 0.1) is 25.5 Å². The molecule has 9 heteroatoms. The number of rotatable bonds is 6. The largest absolute Gasteiger partial charge is 0.496 e. The van der Waals surface area contributed by atoms with Crippen LogP contribution in [0.15, 0.2) is 29.4 Å². The van der Waals surface area contributed by atoms with Crippen molar-refractivity contribution in [2.75, 3.05) is 31.6 Å². The van der Waals surface area contributed by atoms with E-state index in [-0.39, 0.29) is 35.7 Å². The van der Waals surface area contributed by atoms with Crippen LogP contribution in [0.5, 0.6) is 5.75 Å². The monoisotopic (exact) mass is 545 g/mol. The average Bonchev–Trinajstić information content (AvgIpc) is 3.15. The number of halogens is 3. The highest BCUT2D eigenvalue weighted by atomic mass is 127. The van der Waals surface area contributed by atoms with Gasteiger partial charge in [-0.3, -0.25) is 4.98 Å². The number of para-hydroxylation sites is 1. The van der Waals surface area contributed by atoms with Crippen molar-refractivity contribution in [1.82, 2.24) is 15.6 Å². The zero-order valence-corrected chi connectivity index (χ0v) is 20.7. The summed E-state index contributed by atoms with van der Waals surface area (Å²) in [6.45, 7) is 8.10. The maximum Gasteiger partial charge on any atom is 0.191 e. The first-order valence-corrected chi connectivity index (χ1v) is 10.2. The number of guanidine groups is 1. The summed E-state index contributed by atoms with van der Waals surface area (Å²) < 4.78 is 33.7. The molecule has 31 heavy (non-hydrogen) atoms. The van der Waals surface area contributed by atoms with Crippen LogP contribution < -0.4 is 20.3 Å². The normalized spacial score (nSPS) is 16.1. The molecule has 1 unspecified atom stereocenters. The van der Waals surface area contributed by atoms with Crippen molar-refractivity contribution in [3.63, 3.8) is 0 Å². The Morgan fingerprint density at radius 1 is 1.29 bits per heavy atom. The van der Waals surface area contributed by atoms with Gasteiger partial charge in [0.25, 0.3) is 0 Å². The molecule has 3 rings (SSSR count). The molecule has 2 N–H and O–H groups in total. The average molecular weight is 545 g/mol. The van der Waals surface area contributed by atoms with Gasteiger partial charge in [-0.1, -0.05) is 6.07 Å². The standard InChI is InChI=1S/C22H29F2N5O.HI/c1-5-25-22(27-12-19-15(3)21(30-4)14(2)11-26-19)28-16-9-10-29(13-16)20-17(23)7-6-8-18(20)24;/h6-8,11,16H,5,9-10,12-13H2,1-4H3,(H2,25,27,28);1H. The van der Waals surface area contributed by atoms with Crippen LogP contribution in [0.2, 0.25) is 0 Å². The fraction of sp³-hybridized carbons (Fsp3) is 0.455. The lowest BCUT2D eigenvalue weighted by Crippen LogP contribution is -2.44. The predicted octanol–water partition coefficient (Wildman–Crippen LogP) is 3.94. The quantitative estimate of drug-likeness (QED) is 0.327. The van der Waals surface area contributed by atoms with E-state index in [1.807, 2.05) is 20.8 Å². The molecular formula is C22H30F2IN5O. The summed E-state index contributed by atoms with van der Waals surface area (Å²) >= 11 is 0. The van der Waals surface area contributed by atoms with Gasteiger partial charge in [-0.15, -0.1) is 24.0 Å². The smallest absolute Gasteiger partial charge is 0.191 e. The number of nitrogens with one attached hydrogen (secondary N) is 2. The van der Waals surface area contributed by atoms with E-state index >= 15 is 0 Å². The van der Waals surface area contributed by atoms with Gasteiger partial charge in [0.05, 0.1) is 19.3 Å². The minimum atomic E-state index is -0.536. The third kappa shape index (κ3) is 5.96. The Hall–Kier alpha value is -2.17. The number of aryl methyl sites for hydroxylation is 1. The molecule has 1 aliphatic heterocycles. The Labute approximate surface area is 199 Å². The summed E-state index contributed by atoms with van der Waals surface area (Å²) in [6.07, 6.45) is 2.54. The Bertz CT molecular complexity index is 905. The Morgan fingerprint density at radius 3 is 2.65 bits per heavy atom. The molecule has 6 nitrogen and oxygen atoms in total.